The molecule has 0 spiro atoms. The third-order valence-electron chi connectivity index (χ3n) is 4.32. The summed E-state index contributed by atoms with van der Waals surface area (Å²) in [5, 5.41) is 10.1. The van der Waals surface area contributed by atoms with Gasteiger partial charge in [-0.15, -0.1) is 0 Å². The normalized spacial score (nSPS) is 31.1. The molecule has 1 aromatic rings. The van der Waals surface area contributed by atoms with E-state index in [4.69, 9.17) is 4.74 Å². The van der Waals surface area contributed by atoms with Gasteiger partial charge in [0, 0.05) is 31.3 Å². The van der Waals surface area contributed by atoms with Crippen LogP contribution in [-0.4, -0.2) is 37.5 Å². The number of ether oxygens (including phenoxy) is 1. The molecule has 0 radical (unpaired) electrons. The molecular formula is C16H23NO2. The molecule has 3 nitrogen and oxygen atoms in total. The Kier molecular flexibility index (Phi) is 3.76. The third-order valence-corrected chi connectivity index (χ3v) is 4.32. The number of benzene rings is 1. The maximum absolute atomic E-state index is 10.1. The van der Waals surface area contributed by atoms with Gasteiger partial charge < -0.3 is 14.7 Å². The Morgan fingerprint density at radius 1 is 1.37 bits per heavy atom. The highest BCUT2D eigenvalue weighted by atomic mass is 16.5. The van der Waals surface area contributed by atoms with E-state index >= 15 is 0 Å². The molecule has 0 amide bonds. The van der Waals surface area contributed by atoms with Crippen molar-refractivity contribution < 1.29 is 9.84 Å². The average molecular weight is 261 g/mol. The zero-order chi connectivity index (χ0) is 13.2. The van der Waals surface area contributed by atoms with Crippen molar-refractivity contribution in [2.24, 2.45) is 11.8 Å². The highest BCUT2D eigenvalue weighted by molar-refractivity contribution is 5.55. The molecule has 1 fully saturated rings. The summed E-state index contributed by atoms with van der Waals surface area (Å²) < 4.78 is 5.52. The highest BCUT2D eigenvalue weighted by Crippen LogP contribution is 2.31. The summed E-state index contributed by atoms with van der Waals surface area (Å²) in [4.78, 5) is 2.44. The van der Waals surface area contributed by atoms with E-state index in [0.717, 1.165) is 25.9 Å². The number of aliphatic hydroxyl groups excluding tert-OH is 1. The van der Waals surface area contributed by atoms with Crippen LogP contribution in [0.2, 0.25) is 0 Å². The molecule has 0 bridgehead atoms. The number of aliphatic hydroxyl groups is 1. The van der Waals surface area contributed by atoms with Crippen molar-refractivity contribution in [3.8, 4) is 0 Å². The number of hydrogen-bond donors (Lipinski definition) is 1. The molecule has 0 aromatic heterocycles. The second-order valence-electron chi connectivity index (χ2n) is 6.03. The number of nitrogens with zero attached hydrogens (tertiary/aromatic N) is 1. The fourth-order valence-electron chi connectivity index (χ4n) is 3.32. The van der Waals surface area contributed by atoms with Crippen LogP contribution in [0.4, 0.5) is 5.69 Å². The van der Waals surface area contributed by atoms with Crippen LogP contribution < -0.4 is 4.90 Å². The van der Waals surface area contributed by atoms with Gasteiger partial charge >= 0.3 is 0 Å². The van der Waals surface area contributed by atoms with Gasteiger partial charge in [-0.05, 0) is 30.4 Å². The lowest BCUT2D eigenvalue weighted by Gasteiger charge is -2.39. The van der Waals surface area contributed by atoms with Gasteiger partial charge in [0.1, 0.15) is 0 Å². The van der Waals surface area contributed by atoms with Gasteiger partial charge in [0.25, 0.3) is 0 Å². The van der Waals surface area contributed by atoms with Gasteiger partial charge in [0.05, 0.1) is 12.7 Å². The van der Waals surface area contributed by atoms with Crippen molar-refractivity contribution in [2.45, 2.75) is 25.9 Å². The van der Waals surface area contributed by atoms with E-state index in [-0.39, 0.29) is 12.0 Å². The zero-order valence-electron chi connectivity index (χ0n) is 11.6. The molecule has 3 atom stereocenters. The zero-order valence-corrected chi connectivity index (χ0v) is 11.6. The first-order chi connectivity index (χ1) is 9.24. The molecule has 2 heterocycles. The maximum atomic E-state index is 10.1. The van der Waals surface area contributed by atoms with Gasteiger partial charge in [-0.25, -0.2) is 0 Å². The molecule has 1 saturated heterocycles. The minimum Gasteiger partial charge on any atom is -0.393 e. The summed E-state index contributed by atoms with van der Waals surface area (Å²) in [5.74, 6) is 0.920. The fraction of sp³-hybridized carbons (Fsp3) is 0.625. The molecule has 19 heavy (non-hydrogen) atoms. The summed E-state index contributed by atoms with van der Waals surface area (Å²) in [7, 11) is 0. The van der Waals surface area contributed by atoms with Gasteiger partial charge in [-0.3, -0.25) is 0 Å². The van der Waals surface area contributed by atoms with Crippen LogP contribution in [0.5, 0.6) is 0 Å². The highest BCUT2D eigenvalue weighted by Gasteiger charge is 2.29. The Morgan fingerprint density at radius 3 is 3.05 bits per heavy atom. The van der Waals surface area contributed by atoms with E-state index in [1.54, 1.807) is 0 Å². The smallest absolute Gasteiger partial charge is 0.0629 e. The van der Waals surface area contributed by atoms with Crippen molar-refractivity contribution in [3.63, 3.8) is 0 Å². The first-order valence-electron chi connectivity index (χ1n) is 7.32. The summed E-state index contributed by atoms with van der Waals surface area (Å²) in [6.07, 6.45) is 1.73. The summed E-state index contributed by atoms with van der Waals surface area (Å²) in [6, 6.07) is 8.66. The monoisotopic (exact) mass is 261 g/mol. The summed E-state index contributed by atoms with van der Waals surface area (Å²) in [5.41, 5.74) is 2.78. The number of anilines is 1. The van der Waals surface area contributed by atoms with Gasteiger partial charge in [0.15, 0.2) is 0 Å². The Bertz CT molecular complexity index is 435. The predicted molar refractivity (Wildman–Crippen MR) is 76.5 cm³/mol. The molecule has 1 aromatic carbocycles. The maximum Gasteiger partial charge on any atom is 0.0629 e. The van der Waals surface area contributed by atoms with Crippen molar-refractivity contribution in [3.05, 3.63) is 29.8 Å². The summed E-state index contributed by atoms with van der Waals surface area (Å²) in [6.45, 7) is 5.68. The molecule has 0 aliphatic carbocycles. The molecule has 3 unspecified atom stereocenters. The average Bonchev–Trinajstić information content (AvgIpc) is 2.41. The van der Waals surface area contributed by atoms with Crippen LogP contribution in [-0.2, 0) is 11.2 Å². The minimum atomic E-state index is -0.210. The Balaban J connectivity index is 1.77. The molecule has 1 N–H and O–H groups in total. The Morgan fingerprint density at radius 2 is 2.21 bits per heavy atom. The van der Waals surface area contributed by atoms with Crippen LogP contribution in [0.3, 0.4) is 0 Å². The van der Waals surface area contributed by atoms with Crippen molar-refractivity contribution in [1.82, 2.24) is 0 Å². The van der Waals surface area contributed by atoms with E-state index in [2.05, 4.69) is 36.1 Å². The second-order valence-corrected chi connectivity index (χ2v) is 6.03. The molecule has 0 saturated carbocycles. The predicted octanol–water partition coefficient (Wildman–Crippen LogP) is 2.08. The van der Waals surface area contributed by atoms with Crippen molar-refractivity contribution in [2.75, 3.05) is 31.2 Å². The molecule has 3 heteroatoms. The molecule has 2 aliphatic rings. The standard InChI is InChI=1S/C16H23NO2/c1-12-8-13-4-2-3-5-15(13)17(9-12)10-14-11-19-7-6-16(14)18/h2-5,12,14,16,18H,6-11H2,1H3. The molecule has 104 valence electrons. The first-order valence-corrected chi connectivity index (χ1v) is 7.32. The lowest BCUT2D eigenvalue weighted by atomic mass is 9.91. The molecular weight excluding hydrogens is 238 g/mol. The van der Waals surface area contributed by atoms with Gasteiger partial charge in [-0.1, -0.05) is 25.1 Å². The number of rotatable bonds is 2. The number of para-hydroxylation sites is 1. The van der Waals surface area contributed by atoms with Crippen molar-refractivity contribution >= 4 is 5.69 Å². The van der Waals surface area contributed by atoms with Crippen LogP contribution in [0, 0.1) is 11.8 Å². The largest absolute Gasteiger partial charge is 0.393 e. The Labute approximate surface area is 115 Å². The van der Waals surface area contributed by atoms with E-state index in [0.29, 0.717) is 19.1 Å². The number of hydrogen-bond acceptors (Lipinski definition) is 3. The molecule has 3 rings (SSSR count). The van der Waals surface area contributed by atoms with Gasteiger partial charge in [-0.2, -0.15) is 0 Å². The van der Waals surface area contributed by atoms with E-state index in [1.807, 2.05) is 0 Å². The van der Waals surface area contributed by atoms with Crippen LogP contribution in [0.1, 0.15) is 18.9 Å². The van der Waals surface area contributed by atoms with E-state index in [1.165, 1.54) is 11.3 Å². The molecule has 2 aliphatic heterocycles. The van der Waals surface area contributed by atoms with Crippen LogP contribution in [0.15, 0.2) is 24.3 Å². The topological polar surface area (TPSA) is 32.7 Å². The lowest BCUT2D eigenvalue weighted by molar-refractivity contribution is -0.0325. The SMILES string of the molecule is CC1Cc2ccccc2N(CC2COCCC2O)C1. The minimum absolute atomic E-state index is 0.210. The summed E-state index contributed by atoms with van der Waals surface area (Å²) >= 11 is 0. The Hall–Kier alpha value is -1.06. The third kappa shape index (κ3) is 2.77. The van der Waals surface area contributed by atoms with Crippen molar-refractivity contribution in [1.29, 1.82) is 0 Å². The van der Waals surface area contributed by atoms with Crippen LogP contribution >= 0.6 is 0 Å². The fourth-order valence-corrected chi connectivity index (χ4v) is 3.32. The van der Waals surface area contributed by atoms with E-state index < -0.39 is 0 Å². The van der Waals surface area contributed by atoms with Crippen LogP contribution in [0.25, 0.3) is 0 Å². The number of fused-ring (bicyclic) bond motifs is 1. The second kappa shape index (κ2) is 5.51. The lowest BCUT2D eigenvalue weighted by Crippen LogP contribution is -2.44. The van der Waals surface area contributed by atoms with E-state index in [9.17, 15) is 5.11 Å². The first kappa shape index (κ1) is 12.9. The van der Waals surface area contributed by atoms with Gasteiger partial charge in [0.2, 0.25) is 0 Å². The quantitative estimate of drug-likeness (QED) is 0.885.